The lowest BCUT2D eigenvalue weighted by atomic mass is 10.1. The van der Waals surface area contributed by atoms with Gasteiger partial charge in [-0.25, -0.2) is 4.98 Å². The van der Waals surface area contributed by atoms with Crippen molar-refractivity contribution in [2.75, 3.05) is 6.54 Å². The van der Waals surface area contributed by atoms with Crippen molar-refractivity contribution in [1.29, 1.82) is 0 Å². The van der Waals surface area contributed by atoms with Crippen molar-refractivity contribution in [2.24, 2.45) is 5.92 Å². The Morgan fingerprint density at radius 2 is 2.16 bits per heavy atom. The van der Waals surface area contributed by atoms with Gasteiger partial charge in [-0.1, -0.05) is 41.9 Å². The summed E-state index contributed by atoms with van der Waals surface area (Å²) in [6.07, 6.45) is 1.51. The fourth-order valence-corrected chi connectivity index (χ4v) is 2.22. The van der Waals surface area contributed by atoms with Crippen LogP contribution in [0.3, 0.4) is 0 Å². The van der Waals surface area contributed by atoms with Crippen molar-refractivity contribution >= 4 is 15.9 Å². The molecule has 2 aromatic rings. The van der Waals surface area contributed by atoms with Gasteiger partial charge in [0.15, 0.2) is 12.2 Å². The molecule has 0 atom stereocenters. The molecule has 0 amide bonds. The number of hydrogen-bond donors (Lipinski definition) is 1. The van der Waals surface area contributed by atoms with E-state index in [4.69, 9.17) is 4.42 Å². The number of oxazole rings is 1. The molecular weight excluding hydrogens is 304 g/mol. The van der Waals surface area contributed by atoms with Crippen LogP contribution < -0.4 is 5.32 Å². The Morgan fingerprint density at radius 1 is 1.37 bits per heavy atom. The zero-order valence-corrected chi connectivity index (χ0v) is 13.1. The lowest BCUT2D eigenvalue weighted by Gasteiger charge is -2.07. The molecule has 1 aromatic carbocycles. The third kappa shape index (κ3) is 3.67. The summed E-state index contributed by atoms with van der Waals surface area (Å²) in [5.74, 6) is 1.47. The highest BCUT2D eigenvalue weighted by molar-refractivity contribution is 9.10. The Bertz CT molecular complexity index is 549. The molecular formula is C15H19BrN2O. The molecule has 0 saturated heterocycles. The van der Waals surface area contributed by atoms with Gasteiger partial charge in [0.25, 0.3) is 0 Å². The molecule has 4 heteroatoms. The molecule has 3 nitrogen and oxygen atoms in total. The van der Waals surface area contributed by atoms with Gasteiger partial charge in [0.05, 0.1) is 0 Å². The Balaban J connectivity index is 2.16. The Hall–Kier alpha value is -1.13. The average molecular weight is 323 g/mol. The van der Waals surface area contributed by atoms with Crippen LogP contribution in [0, 0.1) is 12.8 Å². The molecule has 0 radical (unpaired) electrons. The molecule has 0 saturated carbocycles. The highest BCUT2D eigenvalue weighted by Crippen LogP contribution is 2.27. The first-order valence-electron chi connectivity index (χ1n) is 6.47. The van der Waals surface area contributed by atoms with Gasteiger partial charge < -0.3 is 9.73 Å². The molecule has 0 aliphatic carbocycles. The number of nitrogens with zero attached hydrogens (tertiary/aromatic N) is 1. The summed E-state index contributed by atoms with van der Waals surface area (Å²) in [5.41, 5.74) is 3.22. The highest BCUT2D eigenvalue weighted by atomic mass is 79.9. The molecule has 0 aliphatic rings. The van der Waals surface area contributed by atoms with E-state index in [-0.39, 0.29) is 0 Å². The number of aryl methyl sites for hydroxylation is 1. The number of halogens is 1. The van der Waals surface area contributed by atoms with E-state index >= 15 is 0 Å². The quantitative estimate of drug-likeness (QED) is 0.898. The van der Waals surface area contributed by atoms with Crippen LogP contribution in [0.15, 0.2) is 33.5 Å². The van der Waals surface area contributed by atoms with Crippen LogP contribution in [-0.4, -0.2) is 11.5 Å². The second-order valence-corrected chi connectivity index (χ2v) is 5.97. The van der Waals surface area contributed by atoms with E-state index in [1.165, 1.54) is 12.0 Å². The van der Waals surface area contributed by atoms with Gasteiger partial charge in [0.1, 0.15) is 5.69 Å². The maximum atomic E-state index is 5.53. The van der Waals surface area contributed by atoms with E-state index in [9.17, 15) is 0 Å². The van der Waals surface area contributed by atoms with Crippen LogP contribution >= 0.6 is 15.9 Å². The van der Waals surface area contributed by atoms with Crippen molar-refractivity contribution in [1.82, 2.24) is 10.3 Å². The van der Waals surface area contributed by atoms with Crippen LogP contribution in [0.1, 0.15) is 25.1 Å². The van der Waals surface area contributed by atoms with Gasteiger partial charge in [0, 0.05) is 16.6 Å². The fraction of sp³-hybridized carbons (Fsp3) is 0.400. The number of benzene rings is 1. The number of hydrogen-bond acceptors (Lipinski definition) is 3. The number of aromatic nitrogens is 1. The molecule has 19 heavy (non-hydrogen) atoms. The molecule has 0 fully saturated rings. The van der Waals surface area contributed by atoms with Crippen molar-refractivity contribution in [3.05, 3.63) is 40.3 Å². The Morgan fingerprint density at radius 3 is 2.84 bits per heavy atom. The maximum absolute atomic E-state index is 5.53. The van der Waals surface area contributed by atoms with E-state index < -0.39 is 0 Å². The lowest BCUT2D eigenvalue weighted by molar-refractivity contribution is 0.545. The van der Waals surface area contributed by atoms with Gasteiger partial charge in [-0.15, -0.1) is 0 Å². The third-order valence-corrected chi connectivity index (χ3v) is 3.77. The van der Waals surface area contributed by atoms with Gasteiger partial charge in [0.2, 0.25) is 0 Å². The molecule has 1 N–H and O–H groups in total. The minimum Gasteiger partial charge on any atom is -0.443 e. The SMILES string of the molecule is Cc1ccc(-c2ocnc2CNCC(C)C)cc1Br. The van der Waals surface area contributed by atoms with Crippen LogP contribution in [0.5, 0.6) is 0 Å². The smallest absolute Gasteiger partial charge is 0.181 e. The topological polar surface area (TPSA) is 38.1 Å². The summed E-state index contributed by atoms with van der Waals surface area (Å²) in [6.45, 7) is 8.15. The standard InChI is InChI=1S/C15H19BrN2O/c1-10(2)7-17-8-14-15(19-9-18-14)12-5-4-11(3)13(16)6-12/h4-6,9-10,17H,7-8H2,1-3H3. The average Bonchev–Trinajstić information content (AvgIpc) is 2.80. The summed E-state index contributed by atoms with van der Waals surface area (Å²) in [6, 6.07) is 6.21. The molecule has 0 bridgehead atoms. The Labute approximate surface area is 122 Å². The summed E-state index contributed by atoms with van der Waals surface area (Å²) < 4.78 is 6.62. The second kappa shape index (κ2) is 6.35. The van der Waals surface area contributed by atoms with Gasteiger partial charge in [-0.05, 0) is 31.0 Å². The molecule has 102 valence electrons. The second-order valence-electron chi connectivity index (χ2n) is 5.12. The largest absolute Gasteiger partial charge is 0.443 e. The van der Waals surface area contributed by atoms with Crippen LogP contribution in [0.4, 0.5) is 0 Å². The van der Waals surface area contributed by atoms with Crippen molar-refractivity contribution < 1.29 is 4.42 Å². The molecule has 0 spiro atoms. The molecule has 1 heterocycles. The molecule has 2 rings (SSSR count). The Kier molecular flexibility index (Phi) is 4.77. The summed E-state index contributed by atoms with van der Waals surface area (Å²) in [7, 11) is 0. The minimum atomic E-state index is 0.629. The van der Waals surface area contributed by atoms with E-state index in [2.05, 4.69) is 65.2 Å². The van der Waals surface area contributed by atoms with Crippen molar-refractivity contribution in [3.8, 4) is 11.3 Å². The zero-order valence-electron chi connectivity index (χ0n) is 11.5. The zero-order chi connectivity index (χ0) is 13.8. The first-order chi connectivity index (χ1) is 9.08. The first kappa shape index (κ1) is 14.3. The van der Waals surface area contributed by atoms with Crippen molar-refractivity contribution in [3.63, 3.8) is 0 Å². The van der Waals surface area contributed by atoms with Crippen LogP contribution in [-0.2, 0) is 6.54 Å². The maximum Gasteiger partial charge on any atom is 0.181 e. The summed E-state index contributed by atoms with van der Waals surface area (Å²) in [5, 5.41) is 3.39. The lowest BCUT2D eigenvalue weighted by Crippen LogP contribution is -2.19. The number of nitrogens with one attached hydrogen (secondary N) is 1. The normalized spacial score (nSPS) is 11.2. The molecule has 1 aromatic heterocycles. The third-order valence-electron chi connectivity index (χ3n) is 2.92. The van der Waals surface area contributed by atoms with Crippen LogP contribution in [0.25, 0.3) is 11.3 Å². The monoisotopic (exact) mass is 322 g/mol. The van der Waals surface area contributed by atoms with E-state index in [0.717, 1.165) is 34.6 Å². The first-order valence-corrected chi connectivity index (χ1v) is 7.27. The van der Waals surface area contributed by atoms with Gasteiger partial charge in [-0.3, -0.25) is 0 Å². The predicted octanol–water partition coefficient (Wildman–Crippen LogP) is 4.16. The predicted molar refractivity (Wildman–Crippen MR) is 80.9 cm³/mol. The molecule has 0 aliphatic heterocycles. The van der Waals surface area contributed by atoms with Gasteiger partial charge >= 0.3 is 0 Å². The molecule has 0 unspecified atom stereocenters. The van der Waals surface area contributed by atoms with E-state index in [1.54, 1.807) is 0 Å². The summed E-state index contributed by atoms with van der Waals surface area (Å²) in [4.78, 5) is 4.30. The van der Waals surface area contributed by atoms with Crippen LogP contribution in [0.2, 0.25) is 0 Å². The minimum absolute atomic E-state index is 0.629. The summed E-state index contributed by atoms with van der Waals surface area (Å²) >= 11 is 3.55. The number of rotatable bonds is 5. The highest BCUT2D eigenvalue weighted by Gasteiger charge is 2.11. The van der Waals surface area contributed by atoms with E-state index in [1.807, 2.05) is 0 Å². The van der Waals surface area contributed by atoms with Crippen molar-refractivity contribution in [2.45, 2.75) is 27.3 Å². The van der Waals surface area contributed by atoms with E-state index in [0.29, 0.717) is 5.92 Å². The van der Waals surface area contributed by atoms with Gasteiger partial charge in [-0.2, -0.15) is 0 Å². The fourth-order valence-electron chi connectivity index (χ4n) is 1.84.